The molecule has 1 aliphatic heterocycles. The van der Waals surface area contributed by atoms with Crippen molar-refractivity contribution in [2.24, 2.45) is 0 Å². The normalized spacial score (nSPS) is 16.5. The molecule has 0 amide bonds. The van der Waals surface area contributed by atoms with Gasteiger partial charge in [0.25, 0.3) is 0 Å². The summed E-state index contributed by atoms with van der Waals surface area (Å²) in [6.45, 7) is 3.36. The lowest BCUT2D eigenvalue weighted by Gasteiger charge is -2.34. The van der Waals surface area contributed by atoms with E-state index < -0.39 is 5.97 Å². The molecule has 0 atom stereocenters. The third-order valence-electron chi connectivity index (χ3n) is 2.72. The Morgan fingerprint density at radius 3 is 2.65 bits per heavy atom. The van der Waals surface area contributed by atoms with Gasteiger partial charge in [0.05, 0.1) is 0 Å². The van der Waals surface area contributed by atoms with Gasteiger partial charge in [-0.25, -0.2) is 9.78 Å². The van der Waals surface area contributed by atoms with Crippen molar-refractivity contribution >= 4 is 11.8 Å². The van der Waals surface area contributed by atoms with Gasteiger partial charge in [0, 0.05) is 44.7 Å². The van der Waals surface area contributed by atoms with E-state index in [1.54, 1.807) is 12.4 Å². The van der Waals surface area contributed by atoms with E-state index >= 15 is 0 Å². The fourth-order valence-corrected chi connectivity index (χ4v) is 1.81. The number of carboxylic acid groups (broad SMARTS) is 1. The number of nitrogens with zero attached hydrogens (tertiary/aromatic N) is 3. The predicted molar refractivity (Wildman–Crippen MR) is 64.8 cm³/mol. The molecule has 0 radical (unpaired) electrons. The van der Waals surface area contributed by atoms with Crippen molar-refractivity contribution in [1.82, 2.24) is 9.88 Å². The van der Waals surface area contributed by atoms with Crippen molar-refractivity contribution in [1.29, 1.82) is 0 Å². The largest absolute Gasteiger partial charge is 0.478 e. The van der Waals surface area contributed by atoms with Gasteiger partial charge in [-0.2, -0.15) is 0 Å². The van der Waals surface area contributed by atoms with Gasteiger partial charge in [-0.05, 0) is 12.1 Å². The molecule has 0 unspecified atom stereocenters. The van der Waals surface area contributed by atoms with Crippen LogP contribution in [0, 0.1) is 0 Å². The molecule has 5 heteroatoms. The minimum Gasteiger partial charge on any atom is -0.478 e. The molecule has 1 N–H and O–H groups in total. The molecule has 1 fully saturated rings. The van der Waals surface area contributed by atoms with E-state index in [0.717, 1.165) is 32.0 Å². The number of carbonyl (C=O) groups is 1. The summed E-state index contributed by atoms with van der Waals surface area (Å²) in [5.41, 5.74) is 0. The SMILES string of the molecule is O=C(O)C=CN1CCN(c2ccccn2)CC1. The number of carboxylic acids is 1. The summed E-state index contributed by atoms with van der Waals surface area (Å²) < 4.78 is 0. The summed E-state index contributed by atoms with van der Waals surface area (Å²) in [5.74, 6) is 0.0755. The van der Waals surface area contributed by atoms with Crippen molar-refractivity contribution in [3.8, 4) is 0 Å². The number of aromatic nitrogens is 1. The molecule has 2 heterocycles. The van der Waals surface area contributed by atoms with Gasteiger partial charge in [-0.3, -0.25) is 0 Å². The molecule has 1 aromatic heterocycles. The van der Waals surface area contributed by atoms with Crippen molar-refractivity contribution in [2.75, 3.05) is 31.1 Å². The number of piperazine rings is 1. The Bertz CT molecular complexity index is 397. The van der Waals surface area contributed by atoms with E-state index in [1.807, 2.05) is 23.1 Å². The Kier molecular flexibility index (Phi) is 3.59. The van der Waals surface area contributed by atoms with Crippen LogP contribution in [0.4, 0.5) is 5.82 Å². The highest BCUT2D eigenvalue weighted by Crippen LogP contribution is 2.12. The van der Waals surface area contributed by atoms with Crippen LogP contribution >= 0.6 is 0 Å². The molecular formula is C12H15N3O2. The molecule has 1 saturated heterocycles. The van der Waals surface area contributed by atoms with E-state index in [4.69, 9.17) is 5.11 Å². The average molecular weight is 233 g/mol. The fourth-order valence-electron chi connectivity index (χ4n) is 1.81. The number of rotatable bonds is 3. The van der Waals surface area contributed by atoms with Crippen LogP contribution in [0.15, 0.2) is 36.7 Å². The minimum atomic E-state index is -0.905. The maximum absolute atomic E-state index is 10.4. The van der Waals surface area contributed by atoms with Crippen LogP contribution < -0.4 is 4.90 Å². The fraction of sp³-hybridized carbons (Fsp3) is 0.333. The summed E-state index contributed by atoms with van der Waals surface area (Å²) in [4.78, 5) is 18.9. The lowest BCUT2D eigenvalue weighted by atomic mass is 10.3. The second-order valence-electron chi connectivity index (χ2n) is 3.86. The van der Waals surface area contributed by atoms with Crippen LogP contribution in [0.1, 0.15) is 0 Å². The lowest BCUT2D eigenvalue weighted by Crippen LogP contribution is -2.44. The maximum Gasteiger partial charge on any atom is 0.329 e. The van der Waals surface area contributed by atoms with Gasteiger partial charge < -0.3 is 14.9 Å². The van der Waals surface area contributed by atoms with Gasteiger partial charge in [-0.15, -0.1) is 0 Å². The number of pyridine rings is 1. The molecule has 0 aliphatic carbocycles. The molecule has 1 aromatic rings. The molecule has 1 aliphatic rings. The molecule has 0 aromatic carbocycles. The summed E-state index contributed by atoms with van der Waals surface area (Å²) >= 11 is 0. The third-order valence-corrected chi connectivity index (χ3v) is 2.72. The van der Waals surface area contributed by atoms with Gasteiger partial charge in [0.2, 0.25) is 0 Å². The highest BCUT2D eigenvalue weighted by atomic mass is 16.4. The second kappa shape index (κ2) is 5.34. The van der Waals surface area contributed by atoms with Crippen LogP contribution in [0.5, 0.6) is 0 Å². The van der Waals surface area contributed by atoms with Crippen LogP contribution in [-0.4, -0.2) is 47.1 Å². The summed E-state index contributed by atoms with van der Waals surface area (Å²) in [7, 11) is 0. The molecule has 90 valence electrons. The highest BCUT2D eigenvalue weighted by molar-refractivity contribution is 5.79. The van der Waals surface area contributed by atoms with E-state index in [2.05, 4.69) is 9.88 Å². The van der Waals surface area contributed by atoms with Gasteiger partial charge in [0.15, 0.2) is 0 Å². The minimum absolute atomic E-state index is 0.820. The van der Waals surface area contributed by atoms with Crippen molar-refractivity contribution < 1.29 is 9.90 Å². The van der Waals surface area contributed by atoms with Crippen LogP contribution in [-0.2, 0) is 4.79 Å². The summed E-state index contributed by atoms with van der Waals surface area (Å²) in [5, 5.41) is 8.54. The zero-order chi connectivity index (χ0) is 12.1. The summed E-state index contributed by atoms with van der Waals surface area (Å²) in [6.07, 6.45) is 4.60. The smallest absolute Gasteiger partial charge is 0.329 e. The Morgan fingerprint density at radius 1 is 1.29 bits per heavy atom. The van der Waals surface area contributed by atoms with E-state index in [0.29, 0.717) is 0 Å². The Balaban J connectivity index is 1.88. The topological polar surface area (TPSA) is 56.7 Å². The number of anilines is 1. The molecule has 0 spiro atoms. The maximum atomic E-state index is 10.4. The highest BCUT2D eigenvalue weighted by Gasteiger charge is 2.15. The zero-order valence-electron chi connectivity index (χ0n) is 9.49. The van der Waals surface area contributed by atoms with Crippen LogP contribution in [0.3, 0.4) is 0 Å². The van der Waals surface area contributed by atoms with E-state index in [9.17, 15) is 4.79 Å². The first kappa shape index (κ1) is 11.4. The Labute approximate surface area is 100.0 Å². The zero-order valence-corrected chi connectivity index (χ0v) is 9.49. The van der Waals surface area contributed by atoms with Crippen molar-refractivity contribution in [3.05, 3.63) is 36.7 Å². The lowest BCUT2D eigenvalue weighted by molar-refractivity contribution is -0.131. The van der Waals surface area contributed by atoms with Crippen LogP contribution in [0.2, 0.25) is 0 Å². The van der Waals surface area contributed by atoms with Crippen molar-refractivity contribution in [3.63, 3.8) is 0 Å². The Morgan fingerprint density at radius 2 is 2.06 bits per heavy atom. The molecule has 5 nitrogen and oxygen atoms in total. The first-order valence-electron chi connectivity index (χ1n) is 5.57. The second-order valence-corrected chi connectivity index (χ2v) is 3.86. The summed E-state index contributed by atoms with van der Waals surface area (Å²) in [6, 6.07) is 5.86. The molecule has 0 saturated carbocycles. The van der Waals surface area contributed by atoms with Gasteiger partial charge in [-0.1, -0.05) is 6.07 Å². The number of hydrogen-bond donors (Lipinski definition) is 1. The standard InChI is InChI=1S/C12H15N3O2/c16-12(17)4-6-14-7-9-15(10-8-14)11-3-1-2-5-13-11/h1-6H,7-10H2,(H,16,17). The molecular weight excluding hydrogens is 218 g/mol. The van der Waals surface area contributed by atoms with E-state index in [-0.39, 0.29) is 0 Å². The monoisotopic (exact) mass is 233 g/mol. The predicted octanol–water partition coefficient (Wildman–Crippen LogP) is 0.802. The number of hydrogen-bond acceptors (Lipinski definition) is 4. The van der Waals surface area contributed by atoms with Crippen LogP contribution in [0.25, 0.3) is 0 Å². The molecule has 2 rings (SSSR count). The molecule has 0 bridgehead atoms. The third kappa shape index (κ3) is 3.21. The first-order valence-corrected chi connectivity index (χ1v) is 5.57. The van der Waals surface area contributed by atoms with Gasteiger partial charge in [0.1, 0.15) is 5.82 Å². The number of aliphatic carboxylic acids is 1. The molecule has 17 heavy (non-hydrogen) atoms. The average Bonchev–Trinajstić information content (AvgIpc) is 2.38. The van der Waals surface area contributed by atoms with Gasteiger partial charge >= 0.3 is 5.97 Å². The Hall–Kier alpha value is -2.04. The van der Waals surface area contributed by atoms with E-state index in [1.165, 1.54) is 6.08 Å². The quantitative estimate of drug-likeness (QED) is 0.783. The van der Waals surface area contributed by atoms with Crippen molar-refractivity contribution in [2.45, 2.75) is 0 Å². The first-order chi connectivity index (χ1) is 8.25.